The van der Waals surface area contributed by atoms with Crippen LogP contribution in [0.4, 0.5) is 0 Å². The smallest absolute Gasteiger partial charge is 0.462 e. The van der Waals surface area contributed by atoms with E-state index < -0.39 is 97.5 Å². The van der Waals surface area contributed by atoms with Crippen molar-refractivity contribution in [3.8, 4) is 0 Å². The molecule has 0 rings (SSSR count). The van der Waals surface area contributed by atoms with Crippen LogP contribution in [-0.4, -0.2) is 96.7 Å². The number of unbranched alkanes of at least 4 members (excludes halogenated alkanes) is 37. The molecule has 0 spiro atoms. The monoisotopic (exact) mass is 1430 g/mol. The van der Waals surface area contributed by atoms with Gasteiger partial charge in [0.25, 0.3) is 0 Å². The maximum Gasteiger partial charge on any atom is 0.472 e. The van der Waals surface area contributed by atoms with Gasteiger partial charge < -0.3 is 33.8 Å². The molecular weight excluding hydrogens is 1280 g/mol. The van der Waals surface area contributed by atoms with Gasteiger partial charge in [-0.1, -0.05) is 308 Å². The number of rotatable bonds is 74. The molecule has 0 aliphatic rings. The summed E-state index contributed by atoms with van der Waals surface area (Å²) >= 11 is 0. The topological polar surface area (TPSA) is 237 Å². The normalized spacial score (nSPS) is 14.6. The number of phosphoric ester groups is 2. The first kappa shape index (κ1) is 95.0. The van der Waals surface area contributed by atoms with Crippen molar-refractivity contribution < 1.29 is 80.2 Å². The Morgan fingerprint density at radius 2 is 0.602 bits per heavy atom. The average Bonchev–Trinajstić information content (AvgIpc) is 0.940. The second-order valence-corrected chi connectivity index (χ2v) is 30.7. The summed E-state index contributed by atoms with van der Waals surface area (Å²) in [6.07, 6.45) is 64.0. The summed E-state index contributed by atoms with van der Waals surface area (Å²) in [5, 5.41) is 10.6. The molecule has 0 aromatic heterocycles. The molecule has 6 atom stereocenters. The molecule has 0 aliphatic heterocycles. The Bertz CT molecular complexity index is 2080. The van der Waals surface area contributed by atoms with Crippen molar-refractivity contribution in [1.82, 2.24) is 0 Å². The quantitative estimate of drug-likeness (QED) is 0.0169. The standard InChI is InChI=1S/C79H146O17P2/c1-7-10-12-14-16-18-20-22-24-30-34-38-44-51-57-63-78(83)95-74(67-89-76(81)61-55-49-43-37-33-29-27-26-28-32-36-42-48-54-60-72(6)9-3)69-93-97(85,86)91-65-73(80)66-92-98(87,88)94-70-75(68-90-77(82)62-56-50-46-40-41-47-53-59-71(4)5)96-79(84)64-58-52-45-39-35-31-25-23-21-19-17-15-13-11-8-2/h18-25,71-75,80H,7-17,26-70H2,1-6H3,(H,85,86)(H,87,88)/b20-18-,21-19-,24-22-,25-23-/t72?,73?,74-,75-/m1/s1. The van der Waals surface area contributed by atoms with Crippen LogP contribution in [-0.2, 0) is 65.4 Å². The SMILES string of the molecule is CCCCCC/C=C\C=C/CCCCCCCC(=O)O[C@H](COC(=O)CCCCCCCCCCCCCCCCC(C)CC)COP(=O)(O)OCC(O)COP(=O)(O)OC[C@@H](COC(=O)CCCCCCCCCC(C)C)OC(=O)CCCCCCC/C=C\C=C/CCCCCC. The van der Waals surface area contributed by atoms with Gasteiger partial charge in [-0.25, -0.2) is 9.13 Å². The van der Waals surface area contributed by atoms with Gasteiger partial charge in [-0.2, -0.15) is 0 Å². The summed E-state index contributed by atoms with van der Waals surface area (Å²) in [7, 11) is -9.94. The lowest BCUT2D eigenvalue weighted by Gasteiger charge is -2.21. The molecule has 3 N–H and O–H groups in total. The maximum atomic E-state index is 13.1. The predicted molar refractivity (Wildman–Crippen MR) is 400 cm³/mol. The Hall–Kier alpha value is -2.98. The highest BCUT2D eigenvalue weighted by atomic mass is 31.2. The molecule has 17 nitrogen and oxygen atoms in total. The Morgan fingerprint density at radius 1 is 0.337 bits per heavy atom. The molecule has 0 aromatic rings. The third-order valence-corrected chi connectivity index (χ3v) is 19.5. The van der Waals surface area contributed by atoms with Crippen molar-refractivity contribution in [1.29, 1.82) is 0 Å². The summed E-state index contributed by atoms with van der Waals surface area (Å²) < 4.78 is 68.5. The van der Waals surface area contributed by atoms with E-state index in [1.54, 1.807) is 0 Å². The van der Waals surface area contributed by atoms with Crippen molar-refractivity contribution in [2.75, 3.05) is 39.6 Å². The zero-order chi connectivity index (χ0) is 72.1. The summed E-state index contributed by atoms with van der Waals surface area (Å²) in [6.45, 7) is 9.47. The number of aliphatic hydroxyl groups excluding tert-OH is 1. The van der Waals surface area contributed by atoms with Crippen LogP contribution in [0.1, 0.15) is 363 Å². The van der Waals surface area contributed by atoms with E-state index in [4.69, 9.17) is 37.0 Å². The lowest BCUT2D eigenvalue weighted by Crippen LogP contribution is -2.30. The maximum absolute atomic E-state index is 13.1. The highest BCUT2D eigenvalue weighted by molar-refractivity contribution is 7.47. The fourth-order valence-corrected chi connectivity index (χ4v) is 12.6. The minimum Gasteiger partial charge on any atom is -0.462 e. The van der Waals surface area contributed by atoms with Gasteiger partial charge in [-0.05, 0) is 88.9 Å². The molecule has 0 heterocycles. The second-order valence-electron chi connectivity index (χ2n) is 27.8. The van der Waals surface area contributed by atoms with Gasteiger partial charge in [0.15, 0.2) is 12.2 Å². The lowest BCUT2D eigenvalue weighted by molar-refractivity contribution is -0.161. The molecule has 0 bridgehead atoms. The van der Waals surface area contributed by atoms with Gasteiger partial charge in [0.1, 0.15) is 19.3 Å². The summed E-state index contributed by atoms with van der Waals surface area (Å²) in [5.41, 5.74) is 0. The molecule has 574 valence electrons. The fourth-order valence-electron chi connectivity index (χ4n) is 11.1. The number of hydrogen-bond donors (Lipinski definition) is 3. The van der Waals surface area contributed by atoms with Gasteiger partial charge in [0.2, 0.25) is 0 Å². The van der Waals surface area contributed by atoms with Crippen LogP contribution >= 0.6 is 15.6 Å². The molecule has 0 saturated carbocycles. The van der Waals surface area contributed by atoms with Crippen molar-refractivity contribution >= 4 is 39.5 Å². The minimum atomic E-state index is -4.97. The first-order valence-electron chi connectivity index (χ1n) is 39.7. The highest BCUT2D eigenvalue weighted by Gasteiger charge is 2.30. The second kappa shape index (κ2) is 69.7. The van der Waals surface area contributed by atoms with E-state index in [0.717, 1.165) is 128 Å². The third kappa shape index (κ3) is 70.1. The van der Waals surface area contributed by atoms with Crippen molar-refractivity contribution in [3.63, 3.8) is 0 Å². The fraction of sp³-hybridized carbons (Fsp3) is 0.848. The Kier molecular flexibility index (Phi) is 67.6. The first-order chi connectivity index (χ1) is 47.4. The van der Waals surface area contributed by atoms with Crippen LogP contribution in [0.5, 0.6) is 0 Å². The van der Waals surface area contributed by atoms with Crippen molar-refractivity contribution in [3.05, 3.63) is 48.6 Å². The van der Waals surface area contributed by atoms with Crippen molar-refractivity contribution in [2.24, 2.45) is 11.8 Å². The number of phosphoric acid groups is 2. The number of hydrogen-bond acceptors (Lipinski definition) is 15. The van der Waals surface area contributed by atoms with Gasteiger partial charge in [0, 0.05) is 25.7 Å². The molecular formula is C79H146O17P2. The molecule has 4 unspecified atom stereocenters. The van der Waals surface area contributed by atoms with Gasteiger partial charge in [-0.15, -0.1) is 0 Å². The minimum absolute atomic E-state index is 0.0817. The van der Waals surface area contributed by atoms with Crippen LogP contribution < -0.4 is 0 Å². The van der Waals surface area contributed by atoms with E-state index in [1.807, 2.05) is 0 Å². The molecule has 0 radical (unpaired) electrons. The summed E-state index contributed by atoms with van der Waals surface area (Å²) in [4.78, 5) is 72.9. The Morgan fingerprint density at radius 3 is 0.908 bits per heavy atom. The van der Waals surface area contributed by atoms with E-state index in [2.05, 4.69) is 90.2 Å². The number of aliphatic hydroxyl groups is 1. The molecule has 0 aromatic carbocycles. The van der Waals surface area contributed by atoms with E-state index in [9.17, 15) is 43.2 Å². The average molecular weight is 1430 g/mol. The van der Waals surface area contributed by atoms with Crippen LogP contribution in [0, 0.1) is 11.8 Å². The highest BCUT2D eigenvalue weighted by Crippen LogP contribution is 2.45. The van der Waals surface area contributed by atoms with Gasteiger partial charge in [-0.3, -0.25) is 37.3 Å². The zero-order valence-corrected chi connectivity index (χ0v) is 64.8. The number of esters is 4. The van der Waals surface area contributed by atoms with Crippen LogP contribution in [0.15, 0.2) is 48.6 Å². The van der Waals surface area contributed by atoms with Gasteiger partial charge in [0.05, 0.1) is 26.4 Å². The largest absolute Gasteiger partial charge is 0.472 e. The summed E-state index contributed by atoms with van der Waals surface area (Å²) in [5.74, 6) is -0.628. The number of carbonyl (C=O) groups is 4. The molecule has 0 amide bonds. The molecule has 19 heteroatoms. The predicted octanol–water partition coefficient (Wildman–Crippen LogP) is 22.6. The van der Waals surface area contributed by atoms with Crippen LogP contribution in [0.25, 0.3) is 0 Å². The van der Waals surface area contributed by atoms with E-state index in [0.29, 0.717) is 31.6 Å². The molecule has 0 saturated heterocycles. The van der Waals surface area contributed by atoms with E-state index in [1.165, 1.54) is 148 Å². The molecule has 98 heavy (non-hydrogen) atoms. The molecule has 0 fully saturated rings. The van der Waals surface area contributed by atoms with Crippen LogP contribution in [0.2, 0.25) is 0 Å². The Labute approximate surface area is 597 Å². The van der Waals surface area contributed by atoms with E-state index >= 15 is 0 Å². The van der Waals surface area contributed by atoms with Gasteiger partial charge >= 0.3 is 39.5 Å². The Balaban J connectivity index is 5.31. The number of ether oxygens (including phenoxy) is 4. The first-order valence-corrected chi connectivity index (χ1v) is 42.7. The zero-order valence-electron chi connectivity index (χ0n) is 63.1. The van der Waals surface area contributed by atoms with E-state index in [-0.39, 0.29) is 25.7 Å². The lowest BCUT2D eigenvalue weighted by atomic mass is 9.99. The van der Waals surface area contributed by atoms with Crippen molar-refractivity contribution in [2.45, 2.75) is 381 Å². The van der Waals surface area contributed by atoms with Crippen LogP contribution in [0.3, 0.4) is 0 Å². The third-order valence-electron chi connectivity index (χ3n) is 17.6. The number of allylic oxidation sites excluding steroid dienone is 8. The molecule has 0 aliphatic carbocycles. The summed E-state index contributed by atoms with van der Waals surface area (Å²) in [6, 6.07) is 0. The number of carbonyl (C=O) groups excluding carboxylic acids is 4.